The van der Waals surface area contributed by atoms with Gasteiger partial charge in [0.1, 0.15) is 11.5 Å². The summed E-state index contributed by atoms with van der Waals surface area (Å²) in [7, 11) is 0. The summed E-state index contributed by atoms with van der Waals surface area (Å²) < 4.78 is 10.4. The predicted molar refractivity (Wildman–Crippen MR) is 71.5 cm³/mol. The monoisotopic (exact) mass is 268 g/mol. The van der Waals surface area contributed by atoms with Gasteiger partial charge in [0.2, 0.25) is 0 Å². The van der Waals surface area contributed by atoms with Crippen molar-refractivity contribution in [2.75, 3.05) is 0 Å². The molecule has 2 aromatic carbocycles. The summed E-state index contributed by atoms with van der Waals surface area (Å²) in [6.45, 7) is 0. The van der Waals surface area contributed by atoms with Gasteiger partial charge in [-0.1, -0.05) is 36.4 Å². The predicted octanol–water partition coefficient (Wildman–Crippen LogP) is 2.68. The largest absolute Gasteiger partial charge is 0.426 e. The smallest absolute Gasteiger partial charge is 0.319 e. The molecule has 3 rings (SSSR count). The summed E-state index contributed by atoms with van der Waals surface area (Å²) >= 11 is 0. The van der Waals surface area contributed by atoms with Crippen molar-refractivity contribution in [3.8, 4) is 11.5 Å². The van der Waals surface area contributed by atoms with E-state index in [9.17, 15) is 9.59 Å². The Morgan fingerprint density at radius 1 is 1.05 bits per heavy atom. The molecule has 100 valence electrons. The fourth-order valence-corrected chi connectivity index (χ4v) is 2.19. The van der Waals surface area contributed by atoms with Crippen LogP contribution in [0, 0.1) is 0 Å². The van der Waals surface area contributed by atoms with Crippen molar-refractivity contribution in [2.45, 2.75) is 12.3 Å². The number of fused-ring (bicyclic) bond motifs is 1. The highest BCUT2D eigenvalue weighted by Gasteiger charge is 2.33. The standard InChI is InChI=1S/C16H12O4/c17-15-10-13(12-8-4-5-9-14(12)20-15)16(18)19-11-6-2-1-3-7-11/h1-9,13H,10H2. The van der Waals surface area contributed by atoms with E-state index < -0.39 is 17.9 Å². The van der Waals surface area contributed by atoms with Crippen LogP contribution < -0.4 is 9.47 Å². The van der Waals surface area contributed by atoms with E-state index in [1.807, 2.05) is 6.07 Å². The molecule has 0 aliphatic carbocycles. The molecule has 0 aromatic heterocycles. The summed E-state index contributed by atoms with van der Waals surface area (Å²) in [5.41, 5.74) is 0.688. The van der Waals surface area contributed by atoms with Crippen molar-refractivity contribution in [2.24, 2.45) is 0 Å². The van der Waals surface area contributed by atoms with Crippen LogP contribution in [-0.2, 0) is 9.59 Å². The minimum Gasteiger partial charge on any atom is -0.426 e. The van der Waals surface area contributed by atoms with Crippen LogP contribution in [0.2, 0.25) is 0 Å². The van der Waals surface area contributed by atoms with Crippen LogP contribution in [0.15, 0.2) is 54.6 Å². The first-order chi connectivity index (χ1) is 9.74. The number of carbonyl (C=O) groups is 2. The first-order valence-electron chi connectivity index (χ1n) is 6.30. The molecule has 1 unspecified atom stereocenters. The zero-order valence-electron chi connectivity index (χ0n) is 10.6. The molecule has 4 nitrogen and oxygen atoms in total. The van der Waals surface area contributed by atoms with Crippen LogP contribution in [0.3, 0.4) is 0 Å². The van der Waals surface area contributed by atoms with E-state index in [1.54, 1.807) is 48.5 Å². The number of ether oxygens (including phenoxy) is 2. The first-order valence-corrected chi connectivity index (χ1v) is 6.30. The van der Waals surface area contributed by atoms with Crippen LogP contribution in [0.25, 0.3) is 0 Å². The molecule has 0 amide bonds. The van der Waals surface area contributed by atoms with Gasteiger partial charge >= 0.3 is 11.9 Å². The maximum Gasteiger partial charge on any atom is 0.319 e. The SMILES string of the molecule is O=C1CC(C(=O)Oc2ccccc2)c2ccccc2O1. The van der Waals surface area contributed by atoms with E-state index in [4.69, 9.17) is 9.47 Å². The van der Waals surface area contributed by atoms with Gasteiger partial charge in [-0.2, -0.15) is 0 Å². The molecule has 1 aliphatic heterocycles. The lowest BCUT2D eigenvalue weighted by atomic mass is 9.93. The van der Waals surface area contributed by atoms with E-state index in [0.29, 0.717) is 17.1 Å². The Bertz CT molecular complexity index is 649. The van der Waals surface area contributed by atoms with Gasteiger partial charge in [0.05, 0.1) is 12.3 Å². The highest BCUT2D eigenvalue weighted by atomic mass is 16.5. The second-order valence-electron chi connectivity index (χ2n) is 4.50. The van der Waals surface area contributed by atoms with Gasteiger partial charge in [-0.3, -0.25) is 9.59 Å². The lowest BCUT2D eigenvalue weighted by Gasteiger charge is -2.22. The van der Waals surface area contributed by atoms with E-state index >= 15 is 0 Å². The zero-order chi connectivity index (χ0) is 13.9. The molecular weight excluding hydrogens is 256 g/mol. The molecule has 0 bridgehead atoms. The Balaban J connectivity index is 1.87. The van der Waals surface area contributed by atoms with Crippen LogP contribution >= 0.6 is 0 Å². The second-order valence-corrected chi connectivity index (χ2v) is 4.50. The Morgan fingerprint density at radius 2 is 1.75 bits per heavy atom. The Kier molecular flexibility index (Phi) is 3.21. The number of esters is 2. The summed E-state index contributed by atoms with van der Waals surface area (Å²) in [4.78, 5) is 23.8. The van der Waals surface area contributed by atoms with E-state index in [0.717, 1.165) is 0 Å². The van der Waals surface area contributed by atoms with Crippen LogP contribution in [0.4, 0.5) is 0 Å². The van der Waals surface area contributed by atoms with Crippen molar-refractivity contribution in [1.29, 1.82) is 0 Å². The van der Waals surface area contributed by atoms with Crippen LogP contribution in [-0.4, -0.2) is 11.9 Å². The van der Waals surface area contributed by atoms with Gasteiger partial charge in [-0.05, 0) is 18.2 Å². The van der Waals surface area contributed by atoms with Crippen molar-refractivity contribution < 1.29 is 19.1 Å². The molecule has 4 heteroatoms. The average Bonchev–Trinajstić information content (AvgIpc) is 2.47. The summed E-state index contributed by atoms with van der Waals surface area (Å²) in [5, 5.41) is 0. The minimum atomic E-state index is -0.618. The molecule has 0 saturated carbocycles. The molecule has 0 spiro atoms. The van der Waals surface area contributed by atoms with Crippen LogP contribution in [0.5, 0.6) is 11.5 Å². The fraction of sp³-hybridized carbons (Fsp3) is 0.125. The molecule has 1 atom stereocenters. The molecular formula is C16H12O4. The van der Waals surface area contributed by atoms with E-state index in [1.165, 1.54) is 0 Å². The molecule has 1 heterocycles. The highest BCUT2D eigenvalue weighted by molar-refractivity contribution is 5.89. The molecule has 20 heavy (non-hydrogen) atoms. The molecule has 0 saturated heterocycles. The number of para-hydroxylation sites is 2. The highest BCUT2D eigenvalue weighted by Crippen LogP contribution is 2.34. The number of benzene rings is 2. The third-order valence-electron chi connectivity index (χ3n) is 3.14. The molecule has 2 aromatic rings. The van der Waals surface area contributed by atoms with Gasteiger partial charge in [0, 0.05) is 5.56 Å². The van der Waals surface area contributed by atoms with Crippen molar-refractivity contribution in [3.63, 3.8) is 0 Å². The quantitative estimate of drug-likeness (QED) is 0.620. The average molecular weight is 268 g/mol. The molecule has 0 N–H and O–H groups in total. The normalized spacial score (nSPS) is 17.0. The minimum absolute atomic E-state index is 0.00266. The van der Waals surface area contributed by atoms with Crippen molar-refractivity contribution in [3.05, 3.63) is 60.2 Å². The number of hydrogen-bond donors (Lipinski definition) is 0. The molecule has 0 fully saturated rings. The Hall–Kier alpha value is -2.62. The maximum atomic E-state index is 12.2. The summed E-state index contributed by atoms with van der Waals surface area (Å²) in [6, 6.07) is 15.8. The fourth-order valence-electron chi connectivity index (χ4n) is 2.19. The lowest BCUT2D eigenvalue weighted by Crippen LogP contribution is -2.28. The topological polar surface area (TPSA) is 52.6 Å². The van der Waals surface area contributed by atoms with Gasteiger partial charge in [-0.25, -0.2) is 0 Å². The van der Waals surface area contributed by atoms with Gasteiger partial charge < -0.3 is 9.47 Å². The van der Waals surface area contributed by atoms with E-state index in [2.05, 4.69) is 0 Å². The van der Waals surface area contributed by atoms with Crippen molar-refractivity contribution in [1.82, 2.24) is 0 Å². The number of carbonyl (C=O) groups excluding carboxylic acids is 2. The molecule has 1 aliphatic rings. The van der Waals surface area contributed by atoms with Gasteiger partial charge in [0.25, 0.3) is 0 Å². The van der Waals surface area contributed by atoms with Crippen LogP contribution in [0.1, 0.15) is 17.9 Å². The maximum absolute atomic E-state index is 12.2. The third kappa shape index (κ3) is 2.40. The first kappa shape index (κ1) is 12.4. The summed E-state index contributed by atoms with van der Waals surface area (Å²) in [6.07, 6.45) is 0.00266. The summed E-state index contributed by atoms with van der Waals surface area (Å²) in [5.74, 6) is -0.584. The van der Waals surface area contributed by atoms with Gasteiger partial charge in [0.15, 0.2) is 0 Å². The second kappa shape index (κ2) is 5.17. The number of hydrogen-bond acceptors (Lipinski definition) is 4. The van der Waals surface area contributed by atoms with E-state index in [-0.39, 0.29) is 6.42 Å². The zero-order valence-corrected chi connectivity index (χ0v) is 10.6. The third-order valence-corrected chi connectivity index (χ3v) is 3.14. The lowest BCUT2D eigenvalue weighted by molar-refractivity contribution is -0.143. The Labute approximate surface area is 115 Å². The van der Waals surface area contributed by atoms with Crippen molar-refractivity contribution >= 4 is 11.9 Å². The Morgan fingerprint density at radius 3 is 2.55 bits per heavy atom. The molecule has 0 radical (unpaired) electrons. The van der Waals surface area contributed by atoms with Gasteiger partial charge in [-0.15, -0.1) is 0 Å². The number of rotatable bonds is 2.